The van der Waals surface area contributed by atoms with Gasteiger partial charge >= 0.3 is 0 Å². The number of aromatic nitrogens is 2. The minimum atomic E-state index is 0.698. The van der Waals surface area contributed by atoms with E-state index in [0.29, 0.717) is 5.82 Å². The molecule has 1 aromatic heterocycles. The van der Waals surface area contributed by atoms with Crippen molar-refractivity contribution in [3.05, 3.63) is 218 Å². The van der Waals surface area contributed by atoms with Crippen LogP contribution in [0.5, 0.6) is 0 Å². The van der Waals surface area contributed by atoms with Crippen LogP contribution in [0, 0.1) is 0 Å². The van der Waals surface area contributed by atoms with E-state index in [0.717, 1.165) is 50.3 Å². The predicted molar refractivity (Wildman–Crippen MR) is 245 cm³/mol. The normalized spacial score (nSPS) is 11.4. The van der Waals surface area contributed by atoms with E-state index in [4.69, 9.17) is 9.97 Å². The number of rotatable bonds is 6. The molecule has 0 aliphatic carbocycles. The van der Waals surface area contributed by atoms with Gasteiger partial charge in [-0.05, 0) is 107 Å². The van der Waals surface area contributed by atoms with Gasteiger partial charge in [0.1, 0.15) is 0 Å². The molecule has 0 fully saturated rings. The van der Waals surface area contributed by atoms with Gasteiger partial charge in [-0.3, -0.25) is 0 Å². The standard InChI is InChI=1S/C56H36N2/c1-2-16-39(17-3-1)56-57-53(36-54(58-56)50-27-11-10-25-48(50)44-29-28-37-14-4-5-18-40(37)32-44)45-22-12-20-41(33-45)42-21-13-23-46(34-42)55-49-26-9-7-19-43(49)35-52-47-24-8-6-15-38(47)30-31-51(52)55/h1-36H. The zero-order valence-electron chi connectivity index (χ0n) is 31.7. The van der Waals surface area contributed by atoms with Crippen LogP contribution in [0.1, 0.15) is 0 Å². The summed E-state index contributed by atoms with van der Waals surface area (Å²) in [4.78, 5) is 10.5. The van der Waals surface area contributed by atoms with Crippen molar-refractivity contribution in [1.82, 2.24) is 9.97 Å². The Hall–Kier alpha value is -7.68. The third-order valence-corrected chi connectivity index (χ3v) is 11.4. The van der Waals surface area contributed by atoms with Gasteiger partial charge in [0.15, 0.2) is 5.82 Å². The minimum absolute atomic E-state index is 0.698. The second-order valence-electron chi connectivity index (χ2n) is 15.0. The number of hydrogen-bond donors (Lipinski definition) is 0. The molecule has 0 spiro atoms. The van der Waals surface area contributed by atoms with Gasteiger partial charge in [-0.1, -0.05) is 188 Å². The van der Waals surface area contributed by atoms with Crippen LogP contribution in [-0.2, 0) is 0 Å². The lowest BCUT2D eigenvalue weighted by Gasteiger charge is -2.15. The van der Waals surface area contributed by atoms with Crippen molar-refractivity contribution in [1.29, 1.82) is 0 Å². The van der Waals surface area contributed by atoms with Crippen LogP contribution in [-0.4, -0.2) is 9.97 Å². The molecule has 0 N–H and O–H groups in total. The van der Waals surface area contributed by atoms with E-state index < -0.39 is 0 Å². The van der Waals surface area contributed by atoms with Gasteiger partial charge in [-0.25, -0.2) is 9.97 Å². The Morgan fingerprint density at radius 3 is 1.66 bits per heavy atom. The Kier molecular flexibility index (Phi) is 8.19. The van der Waals surface area contributed by atoms with Gasteiger partial charge in [-0.15, -0.1) is 0 Å². The first-order valence-corrected chi connectivity index (χ1v) is 19.8. The smallest absolute Gasteiger partial charge is 0.160 e. The second kappa shape index (κ2) is 14.1. The number of benzene rings is 10. The van der Waals surface area contributed by atoms with Gasteiger partial charge < -0.3 is 0 Å². The van der Waals surface area contributed by atoms with Gasteiger partial charge in [-0.2, -0.15) is 0 Å². The molecule has 270 valence electrons. The Morgan fingerprint density at radius 1 is 0.241 bits per heavy atom. The lowest BCUT2D eigenvalue weighted by atomic mass is 9.88. The highest BCUT2D eigenvalue weighted by Crippen LogP contribution is 2.41. The highest BCUT2D eigenvalue weighted by Gasteiger charge is 2.16. The molecule has 0 saturated carbocycles. The fraction of sp³-hybridized carbons (Fsp3) is 0. The zero-order valence-corrected chi connectivity index (χ0v) is 31.7. The topological polar surface area (TPSA) is 25.8 Å². The fourth-order valence-electron chi connectivity index (χ4n) is 8.61. The van der Waals surface area contributed by atoms with Gasteiger partial charge in [0.25, 0.3) is 0 Å². The summed E-state index contributed by atoms with van der Waals surface area (Å²) in [5.74, 6) is 0.698. The van der Waals surface area contributed by atoms with Crippen LogP contribution in [0.25, 0.3) is 110 Å². The van der Waals surface area contributed by atoms with Gasteiger partial charge in [0.2, 0.25) is 0 Å². The van der Waals surface area contributed by atoms with E-state index in [1.807, 2.05) is 18.2 Å². The van der Waals surface area contributed by atoms with E-state index in [2.05, 4.69) is 200 Å². The average molecular weight is 737 g/mol. The third-order valence-electron chi connectivity index (χ3n) is 11.4. The second-order valence-corrected chi connectivity index (χ2v) is 15.0. The molecule has 0 aliphatic rings. The summed E-state index contributed by atoms with van der Waals surface area (Å²) < 4.78 is 0. The molecule has 0 atom stereocenters. The monoisotopic (exact) mass is 736 g/mol. The molecule has 11 aromatic rings. The number of nitrogens with zero attached hydrogens (tertiary/aromatic N) is 2. The first-order valence-electron chi connectivity index (χ1n) is 19.8. The largest absolute Gasteiger partial charge is 0.228 e. The molecule has 10 aromatic carbocycles. The van der Waals surface area contributed by atoms with Crippen molar-refractivity contribution in [2.24, 2.45) is 0 Å². The molecule has 0 bridgehead atoms. The van der Waals surface area contributed by atoms with Crippen molar-refractivity contribution in [3.63, 3.8) is 0 Å². The maximum Gasteiger partial charge on any atom is 0.160 e. The van der Waals surface area contributed by atoms with Crippen LogP contribution in [0.3, 0.4) is 0 Å². The number of hydrogen-bond acceptors (Lipinski definition) is 2. The summed E-state index contributed by atoms with van der Waals surface area (Å²) in [7, 11) is 0. The van der Waals surface area contributed by atoms with Crippen LogP contribution < -0.4 is 0 Å². The van der Waals surface area contributed by atoms with Crippen LogP contribution >= 0.6 is 0 Å². The molecular formula is C56H36N2. The molecule has 0 radical (unpaired) electrons. The summed E-state index contributed by atoms with van der Waals surface area (Å²) in [6.45, 7) is 0. The van der Waals surface area contributed by atoms with Crippen molar-refractivity contribution in [2.75, 3.05) is 0 Å². The molecule has 0 amide bonds. The molecular weight excluding hydrogens is 701 g/mol. The molecule has 2 nitrogen and oxygen atoms in total. The average Bonchev–Trinajstić information content (AvgIpc) is 3.31. The highest BCUT2D eigenvalue weighted by atomic mass is 14.9. The van der Waals surface area contributed by atoms with Crippen LogP contribution in [0.15, 0.2) is 218 Å². The van der Waals surface area contributed by atoms with Gasteiger partial charge in [0, 0.05) is 16.7 Å². The first kappa shape index (κ1) is 33.6. The van der Waals surface area contributed by atoms with Crippen LogP contribution in [0.2, 0.25) is 0 Å². The lowest BCUT2D eigenvalue weighted by Crippen LogP contribution is -1.97. The molecule has 2 heteroatoms. The van der Waals surface area contributed by atoms with Crippen molar-refractivity contribution >= 4 is 43.1 Å². The Bertz CT molecular complexity index is 3350. The molecule has 58 heavy (non-hydrogen) atoms. The summed E-state index contributed by atoms with van der Waals surface area (Å²) in [5, 5.41) is 9.99. The molecule has 0 aliphatic heterocycles. The maximum atomic E-state index is 5.23. The molecule has 0 unspecified atom stereocenters. The number of fused-ring (bicyclic) bond motifs is 5. The van der Waals surface area contributed by atoms with E-state index in [-0.39, 0.29) is 0 Å². The summed E-state index contributed by atoms with van der Waals surface area (Å²) in [5.41, 5.74) is 11.9. The predicted octanol–water partition coefficient (Wildman–Crippen LogP) is 15.1. The quantitative estimate of drug-likeness (QED) is 0.125. The van der Waals surface area contributed by atoms with E-state index in [1.165, 1.54) is 54.2 Å². The van der Waals surface area contributed by atoms with Crippen molar-refractivity contribution < 1.29 is 0 Å². The molecule has 0 saturated heterocycles. The fourth-order valence-corrected chi connectivity index (χ4v) is 8.61. The van der Waals surface area contributed by atoms with E-state index >= 15 is 0 Å². The SMILES string of the molecule is c1ccc(-c2nc(-c3cccc(-c4cccc(-c5c6ccccc6cc6c5ccc5ccccc56)c4)c3)cc(-c3ccccc3-c3ccc4ccccc4c3)n2)cc1. The van der Waals surface area contributed by atoms with Crippen molar-refractivity contribution in [3.8, 4) is 67.3 Å². The maximum absolute atomic E-state index is 5.23. The third kappa shape index (κ3) is 6.00. The lowest BCUT2D eigenvalue weighted by molar-refractivity contribution is 1.18. The summed E-state index contributed by atoms with van der Waals surface area (Å²) in [6.07, 6.45) is 0. The first-order chi connectivity index (χ1) is 28.7. The summed E-state index contributed by atoms with van der Waals surface area (Å²) in [6, 6.07) is 78.3. The Labute approximate surface area is 337 Å². The van der Waals surface area contributed by atoms with Gasteiger partial charge in [0.05, 0.1) is 11.4 Å². The Morgan fingerprint density at radius 2 is 0.828 bits per heavy atom. The van der Waals surface area contributed by atoms with E-state index in [1.54, 1.807) is 0 Å². The molecule has 1 heterocycles. The highest BCUT2D eigenvalue weighted by molar-refractivity contribution is 6.20. The zero-order chi connectivity index (χ0) is 38.4. The molecule has 11 rings (SSSR count). The van der Waals surface area contributed by atoms with Crippen LogP contribution in [0.4, 0.5) is 0 Å². The van der Waals surface area contributed by atoms with Crippen molar-refractivity contribution in [2.45, 2.75) is 0 Å². The summed E-state index contributed by atoms with van der Waals surface area (Å²) >= 11 is 0. The minimum Gasteiger partial charge on any atom is -0.228 e. The van der Waals surface area contributed by atoms with E-state index in [9.17, 15) is 0 Å². The Balaban J connectivity index is 1.05.